The van der Waals surface area contributed by atoms with Gasteiger partial charge >= 0.3 is 0 Å². The zero-order valence-corrected chi connectivity index (χ0v) is 12.6. The average Bonchev–Trinajstić information content (AvgIpc) is 3.19. The van der Waals surface area contributed by atoms with Crippen LogP contribution in [0.15, 0.2) is 42.6 Å². The molecule has 0 spiro atoms. The fraction of sp³-hybridized carbons (Fsp3) is 0.412. The third kappa shape index (κ3) is 3.74. The van der Waals surface area contributed by atoms with E-state index in [1.165, 1.54) is 12.8 Å². The molecule has 1 saturated carbocycles. The van der Waals surface area contributed by atoms with Crippen molar-refractivity contribution in [1.82, 2.24) is 9.78 Å². The van der Waals surface area contributed by atoms with Gasteiger partial charge in [0.15, 0.2) is 0 Å². The van der Waals surface area contributed by atoms with Gasteiger partial charge in [0.05, 0.1) is 18.8 Å². The van der Waals surface area contributed by atoms with E-state index in [1.807, 2.05) is 41.1 Å². The molecule has 0 bridgehead atoms. The van der Waals surface area contributed by atoms with E-state index in [0.717, 1.165) is 24.2 Å². The highest BCUT2D eigenvalue weighted by atomic mass is 16.5. The van der Waals surface area contributed by atoms with E-state index in [0.29, 0.717) is 12.6 Å². The van der Waals surface area contributed by atoms with Gasteiger partial charge in [-0.3, -0.25) is 4.79 Å². The van der Waals surface area contributed by atoms with Crippen molar-refractivity contribution in [3.05, 3.63) is 48.2 Å². The van der Waals surface area contributed by atoms with Gasteiger partial charge in [-0.15, -0.1) is 0 Å². The largest absolute Gasteiger partial charge is 0.367 e. The first-order valence-corrected chi connectivity index (χ1v) is 7.78. The van der Waals surface area contributed by atoms with Crippen LogP contribution in [0, 0.1) is 0 Å². The Kier molecular flexibility index (Phi) is 4.85. The van der Waals surface area contributed by atoms with Crippen LogP contribution in [0.1, 0.15) is 37.3 Å². The van der Waals surface area contributed by atoms with Crippen molar-refractivity contribution in [2.45, 2.75) is 38.3 Å². The normalized spacial score (nSPS) is 15.1. The molecule has 1 aromatic heterocycles. The van der Waals surface area contributed by atoms with Gasteiger partial charge in [-0.05, 0) is 18.4 Å². The maximum Gasteiger partial charge on any atom is 0.251 e. The van der Waals surface area contributed by atoms with E-state index in [9.17, 15) is 4.79 Å². The Morgan fingerprint density at radius 3 is 2.77 bits per heavy atom. The van der Waals surface area contributed by atoms with Gasteiger partial charge in [-0.2, -0.15) is 5.10 Å². The molecule has 1 heterocycles. The summed E-state index contributed by atoms with van der Waals surface area (Å²) >= 11 is 0. The SMILES string of the molecule is O=C(COCc1ccccc1)Nc1ccnn1C1CCCC1. The van der Waals surface area contributed by atoms with E-state index in [2.05, 4.69) is 10.4 Å². The molecule has 3 rings (SSSR count). The van der Waals surface area contributed by atoms with Crippen molar-refractivity contribution in [1.29, 1.82) is 0 Å². The summed E-state index contributed by atoms with van der Waals surface area (Å²) in [5, 5.41) is 7.23. The molecule has 5 nitrogen and oxygen atoms in total. The molecule has 0 atom stereocenters. The highest BCUT2D eigenvalue weighted by Crippen LogP contribution is 2.31. The van der Waals surface area contributed by atoms with Crippen LogP contribution < -0.4 is 5.32 Å². The molecule has 1 fully saturated rings. The van der Waals surface area contributed by atoms with E-state index >= 15 is 0 Å². The van der Waals surface area contributed by atoms with E-state index < -0.39 is 0 Å². The Morgan fingerprint density at radius 2 is 2.00 bits per heavy atom. The first-order valence-electron chi connectivity index (χ1n) is 7.78. The van der Waals surface area contributed by atoms with Gasteiger partial charge in [0.2, 0.25) is 0 Å². The molecule has 5 heteroatoms. The van der Waals surface area contributed by atoms with E-state index in [4.69, 9.17) is 4.74 Å². The number of rotatable bonds is 6. The monoisotopic (exact) mass is 299 g/mol. The molecule has 0 saturated heterocycles. The maximum atomic E-state index is 12.0. The number of nitrogens with one attached hydrogen (secondary N) is 1. The molecule has 1 aromatic carbocycles. The van der Waals surface area contributed by atoms with Gasteiger partial charge in [-0.25, -0.2) is 4.68 Å². The standard InChI is InChI=1S/C17H21N3O2/c21-17(13-22-12-14-6-2-1-3-7-14)19-16-10-11-18-20(16)15-8-4-5-9-15/h1-3,6-7,10-11,15H,4-5,8-9,12-13H2,(H,19,21). The third-order valence-electron chi connectivity index (χ3n) is 3.95. The lowest BCUT2D eigenvalue weighted by Gasteiger charge is -2.14. The second-order valence-corrected chi connectivity index (χ2v) is 5.63. The lowest BCUT2D eigenvalue weighted by atomic mass is 10.2. The minimum absolute atomic E-state index is 0.0464. The Balaban J connectivity index is 1.49. The fourth-order valence-electron chi connectivity index (χ4n) is 2.87. The molecular formula is C17H21N3O2. The predicted molar refractivity (Wildman–Crippen MR) is 84.5 cm³/mol. The Bertz CT molecular complexity index is 603. The van der Waals surface area contributed by atoms with Crippen molar-refractivity contribution >= 4 is 11.7 Å². The second-order valence-electron chi connectivity index (χ2n) is 5.63. The number of amides is 1. The van der Waals surface area contributed by atoms with Crippen LogP contribution in [0.3, 0.4) is 0 Å². The zero-order chi connectivity index (χ0) is 15.2. The minimum atomic E-state index is -0.143. The van der Waals surface area contributed by atoms with Gasteiger partial charge < -0.3 is 10.1 Å². The van der Waals surface area contributed by atoms with Crippen LogP contribution >= 0.6 is 0 Å². The smallest absolute Gasteiger partial charge is 0.251 e. The van der Waals surface area contributed by atoms with Gasteiger partial charge in [0, 0.05) is 6.07 Å². The highest BCUT2D eigenvalue weighted by Gasteiger charge is 2.20. The molecule has 1 aliphatic carbocycles. The maximum absolute atomic E-state index is 12.0. The highest BCUT2D eigenvalue weighted by molar-refractivity contribution is 5.90. The fourth-order valence-corrected chi connectivity index (χ4v) is 2.87. The minimum Gasteiger partial charge on any atom is -0.367 e. The summed E-state index contributed by atoms with van der Waals surface area (Å²) in [5.41, 5.74) is 1.06. The number of aromatic nitrogens is 2. The number of nitrogens with zero attached hydrogens (tertiary/aromatic N) is 2. The molecule has 1 aliphatic rings. The summed E-state index contributed by atoms with van der Waals surface area (Å²) < 4.78 is 7.39. The van der Waals surface area contributed by atoms with Crippen molar-refractivity contribution in [3.63, 3.8) is 0 Å². The summed E-state index contributed by atoms with van der Waals surface area (Å²) in [5.74, 6) is 0.621. The van der Waals surface area contributed by atoms with Crippen molar-refractivity contribution < 1.29 is 9.53 Å². The number of ether oxygens (including phenoxy) is 1. The van der Waals surface area contributed by atoms with Crippen molar-refractivity contribution in [2.24, 2.45) is 0 Å². The zero-order valence-electron chi connectivity index (χ0n) is 12.6. The molecule has 116 valence electrons. The molecule has 22 heavy (non-hydrogen) atoms. The Morgan fingerprint density at radius 1 is 1.23 bits per heavy atom. The van der Waals surface area contributed by atoms with Crippen LogP contribution in [0.5, 0.6) is 0 Å². The van der Waals surface area contributed by atoms with Crippen molar-refractivity contribution in [3.8, 4) is 0 Å². The molecule has 1 N–H and O–H groups in total. The summed E-state index contributed by atoms with van der Waals surface area (Å²) in [6, 6.07) is 12.1. The van der Waals surface area contributed by atoms with Crippen LogP contribution in [-0.4, -0.2) is 22.3 Å². The predicted octanol–water partition coefficient (Wildman–Crippen LogP) is 3.15. The first kappa shape index (κ1) is 14.8. The van der Waals surface area contributed by atoms with E-state index in [-0.39, 0.29) is 12.5 Å². The van der Waals surface area contributed by atoms with Gasteiger partial charge in [-0.1, -0.05) is 43.2 Å². The number of hydrogen-bond acceptors (Lipinski definition) is 3. The molecule has 0 aliphatic heterocycles. The number of carbonyl (C=O) groups excluding carboxylic acids is 1. The van der Waals surface area contributed by atoms with Crippen LogP contribution in [-0.2, 0) is 16.1 Å². The summed E-state index contributed by atoms with van der Waals surface area (Å²) in [4.78, 5) is 12.0. The Hall–Kier alpha value is -2.14. The lowest BCUT2D eigenvalue weighted by molar-refractivity contribution is -0.121. The molecular weight excluding hydrogens is 278 g/mol. The molecule has 1 amide bonds. The first-order chi connectivity index (χ1) is 10.8. The van der Waals surface area contributed by atoms with Crippen LogP contribution in [0.4, 0.5) is 5.82 Å². The lowest BCUT2D eigenvalue weighted by Crippen LogP contribution is -2.21. The average molecular weight is 299 g/mol. The van der Waals surface area contributed by atoms with Crippen LogP contribution in [0.25, 0.3) is 0 Å². The molecule has 2 aromatic rings. The Labute approximate surface area is 130 Å². The number of carbonyl (C=O) groups is 1. The number of benzene rings is 1. The number of hydrogen-bond donors (Lipinski definition) is 1. The van der Waals surface area contributed by atoms with E-state index in [1.54, 1.807) is 6.20 Å². The topological polar surface area (TPSA) is 56.1 Å². The summed E-state index contributed by atoms with van der Waals surface area (Å²) in [7, 11) is 0. The van der Waals surface area contributed by atoms with Gasteiger partial charge in [0.25, 0.3) is 5.91 Å². The quantitative estimate of drug-likeness (QED) is 0.891. The van der Waals surface area contributed by atoms with Crippen LogP contribution in [0.2, 0.25) is 0 Å². The number of anilines is 1. The third-order valence-corrected chi connectivity index (χ3v) is 3.95. The summed E-state index contributed by atoms with van der Waals surface area (Å²) in [6.45, 7) is 0.487. The molecule has 0 unspecified atom stereocenters. The second kappa shape index (κ2) is 7.22. The molecule has 0 radical (unpaired) electrons. The van der Waals surface area contributed by atoms with Crippen molar-refractivity contribution in [2.75, 3.05) is 11.9 Å². The summed E-state index contributed by atoms with van der Waals surface area (Å²) in [6.07, 6.45) is 6.47. The van der Waals surface area contributed by atoms with Gasteiger partial charge in [0.1, 0.15) is 12.4 Å².